The third-order valence-electron chi connectivity index (χ3n) is 3.47. The van der Waals surface area contributed by atoms with Gasteiger partial charge in [-0.05, 0) is 32.4 Å². The van der Waals surface area contributed by atoms with Crippen molar-refractivity contribution in [1.29, 1.82) is 0 Å². The van der Waals surface area contributed by atoms with Gasteiger partial charge in [0.2, 0.25) is 0 Å². The Morgan fingerprint density at radius 2 is 1.91 bits per heavy atom. The molecule has 0 saturated heterocycles. The van der Waals surface area contributed by atoms with Gasteiger partial charge < -0.3 is 9.64 Å². The summed E-state index contributed by atoms with van der Waals surface area (Å²) in [4.78, 5) is 25.9. The number of carbonyl (C=O) groups excluding carboxylic acids is 2. The van der Waals surface area contributed by atoms with Crippen LogP contribution < -0.4 is 0 Å². The van der Waals surface area contributed by atoms with Gasteiger partial charge in [-0.3, -0.25) is 9.59 Å². The molecule has 0 aromatic heterocycles. The molecule has 0 fully saturated rings. The van der Waals surface area contributed by atoms with E-state index in [0.717, 1.165) is 24.8 Å². The van der Waals surface area contributed by atoms with Crippen LogP contribution in [0, 0.1) is 6.92 Å². The minimum Gasteiger partial charge on any atom is -0.466 e. The van der Waals surface area contributed by atoms with Gasteiger partial charge in [-0.1, -0.05) is 37.5 Å². The highest BCUT2D eigenvalue weighted by Gasteiger charge is 2.17. The summed E-state index contributed by atoms with van der Waals surface area (Å²) in [6, 6.07) is 7.57. The summed E-state index contributed by atoms with van der Waals surface area (Å²) >= 11 is 0. The van der Waals surface area contributed by atoms with E-state index in [2.05, 4.69) is 6.92 Å². The Morgan fingerprint density at radius 1 is 1.14 bits per heavy atom. The number of aryl methyl sites for hydroxylation is 1. The Morgan fingerprint density at radius 3 is 2.55 bits per heavy atom. The molecule has 0 N–H and O–H groups in total. The van der Waals surface area contributed by atoms with Crippen LogP contribution in [0.2, 0.25) is 0 Å². The number of hydrogen-bond acceptors (Lipinski definition) is 3. The van der Waals surface area contributed by atoms with Crippen molar-refractivity contribution in [1.82, 2.24) is 4.90 Å². The zero-order chi connectivity index (χ0) is 16.4. The number of rotatable bonds is 9. The molecule has 0 bridgehead atoms. The largest absolute Gasteiger partial charge is 0.466 e. The molecule has 1 aromatic carbocycles. The molecule has 0 atom stereocenters. The molecule has 0 aliphatic heterocycles. The Balaban J connectivity index is 2.70. The maximum absolute atomic E-state index is 12.6. The van der Waals surface area contributed by atoms with Crippen LogP contribution in [0.5, 0.6) is 0 Å². The predicted octanol–water partition coefficient (Wildman–Crippen LogP) is 3.58. The SMILES string of the molecule is CCCCCN(CCC(=O)OCC)C(=O)c1cccc(C)c1. The average molecular weight is 305 g/mol. The molecule has 0 aliphatic rings. The highest BCUT2D eigenvalue weighted by atomic mass is 16.5. The lowest BCUT2D eigenvalue weighted by molar-refractivity contribution is -0.143. The Bertz CT molecular complexity index is 485. The number of benzene rings is 1. The van der Waals surface area contributed by atoms with Crippen LogP contribution in [-0.2, 0) is 9.53 Å². The van der Waals surface area contributed by atoms with E-state index in [9.17, 15) is 9.59 Å². The minimum atomic E-state index is -0.250. The maximum atomic E-state index is 12.6. The number of nitrogens with zero attached hydrogens (tertiary/aromatic N) is 1. The van der Waals surface area contributed by atoms with Gasteiger partial charge in [0, 0.05) is 18.7 Å². The van der Waals surface area contributed by atoms with Gasteiger partial charge in [0.25, 0.3) is 5.91 Å². The summed E-state index contributed by atoms with van der Waals surface area (Å²) in [7, 11) is 0. The van der Waals surface area contributed by atoms with Crippen molar-refractivity contribution in [2.45, 2.75) is 46.5 Å². The van der Waals surface area contributed by atoms with Gasteiger partial charge in [-0.15, -0.1) is 0 Å². The molecule has 1 rings (SSSR count). The maximum Gasteiger partial charge on any atom is 0.307 e. The molecular formula is C18H27NO3. The summed E-state index contributed by atoms with van der Waals surface area (Å²) in [5.74, 6) is -0.260. The highest BCUT2D eigenvalue weighted by molar-refractivity contribution is 5.94. The highest BCUT2D eigenvalue weighted by Crippen LogP contribution is 2.10. The second-order valence-corrected chi connectivity index (χ2v) is 5.42. The lowest BCUT2D eigenvalue weighted by Crippen LogP contribution is -2.34. The van der Waals surface area contributed by atoms with E-state index >= 15 is 0 Å². The molecule has 22 heavy (non-hydrogen) atoms. The monoisotopic (exact) mass is 305 g/mol. The summed E-state index contributed by atoms with van der Waals surface area (Å²) in [6.07, 6.45) is 3.38. The van der Waals surface area contributed by atoms with E-state index in [0.29, 0.717) is 25.3 Å². The molecule has 0 radical (unpaired) electrons. The van der Waals surface area contributed by atoms with E-state index in [1.165, 1.54) is 0 Å². The van der Waals surface area contributed by atoms with Crippen LogP contribution in [0.3, 0.4) is 0 Å². The molecule has 0 unspecified atom stereocenters. The van der Waals surface area contributed by atoms with E-state index in [4.69, 9.17) is 4.74 Å². The zero-order valence-electron chi connectivity index (χ0n) is 13.9. The van der Waals surface area contributed by atoms with Crippen molar-refractivity contribution in [3.8, 4) is 0 Å². The fourth-order valence-corrected chi connectivity index (χ4v) is 2.29. The number of ether oxygens (including phenoxy) is 1. The molecule has 1 aromatic rings. The summed E-state index contributed by atoms with van der Waals surface area (Å²) < 4.78 is 4.95. The van der Waals surface area contributed by atoms with Crippen LogP contribution in [0.4, 0.5) is 0 Å². The fraction of sp³-hybridized carbons (Fsp3) is 0.556. The molecule has 0 saturated carbocycles. The quantitative estimate of drug-likeness (QED) is 0.517. The minimum absolute atomic E-state index is 0.0101. The standard InChI is InChI=1S/C18H27NO3/c1-4-6-7-12-19(13-11-17(20)22-5-2)18(21)16-10-8-9-15(3)14-16/h8-10,14H,4-7,11-13H2,1-3H3. The molecule has 1 amide bonds. The Kier molecular flexibility index (Phi) is 8.26. The first-order chi connectivity index (χ1) is 10.6. The molecule has 4 heteroatoms. The number of hydrogen-bond donors (Lipinski definition) is 0. The lowest BCUT2D eigenvalue weighted by atomic mass is 10.1. The number of esters is 1. The number of carbonyl (C=O) groups is 2. The van der Waals surface area contributed by atoms with Crippen LogP contribution in [0.15, 0.2) is 24.3 Å². The van der Waals surface area contributed by atoms with Crippen LogP contribution in [0.1, 0.15) is 55.5 Å². The van der Waals surface area contributed by atoms with Gasteiger partial charge >= 0.3 is 5.97 Å². The summed E-state index contributed by atoms with van der Waals surface area (Å²) in [6.45, 7) is 7.35. The first-order valence-corrected chi connectivity index (χ1v) is 8.10. The van der Waals surface area contributed by atoms with Crippen molar-refractivity contribution >= 4 is 11.9 Å². The molecule has 0 spiro atoms. The molecule has 0 heterocycles. The van der Waals surface area contributed by atoms with Gasteiger partial charge in [-0.2, -0.15) is 0 Å². The van der Waals surface area contributed by atoms with E-state index in [1.54, 1.807) is 11.8 Å². The van der Waals surface area contributed by atoms with Gasteiger partial charge in [0.15, 0.2) is 0 Å². The van der Waals surface area contributed by atoms with Crippen LogP contribution in [-0.4, -0.2) is 36.5 Å². The first-order valence-electron chi connectivity index (χ1n) is 8.10. The Hall–Kier alpha value is -1.84. The van der Waals surface area contributed by atoms with Crippen LogP contribution in [0.25, 0.3) is 0 Å². The van der Waals surface area contributed by atoms with Crippen molar-refractivity contribution in [2.75, 3.05) is 19.7 Å². The molecule has 4 nitrogen and oxygen atoms in total. The fourth-order valence-electron chi connectivity index (χ4n) is 2.29. The number of unbranched alkanes of at least 4 members (excludes halogenated alkanes) is 2. The smallest absolute Gasteiger partial charge is 0.307 e. The van der Waals surface area contributed by atoms with Crippen molar-refractivity contribution in [3.05, 3.63) is 35.4 Å². The van der Waals surface area contributed by atoms with E-state index < -0.39 is 0 Å². The third-order valence-corrected chi connectivity index (χ3v) is 3.47. The molecule has 0 aliphatic carbocycles. The predicted molar refractivity (Wildman–Crippen MR) is 87.9 cm³/mol. The number of amides is 1. The van der Waals surface area contributed by atoms with Crippen LogP contribution >= 0.6 is 0 Å². The van der Waals surface area contributed by atoms with Crippen molar-refractivity contribution < 1.29 is 14.3 Å². The average Bonchev–Trinajstić information content (AvgIpc) is 2.50. The van der Waals surface area contributed by atoms with E-state index in [-0.39, 0.29) is 18.3 Å². The summed E-state index contributed by atoms with van der Waals surface area (Å²) in [5.41, 5.74) is 1.74. The van der Waals surface area contributed by atoms with Gasteiger partial charge in [0.05, 0.1) is 13.0 Å². The zero-order valence-corrected chi connectivity index (χ0v) is 13.9. The lowest BCUT2D eigenvalue weighted by Gasteiger charge is -2.22. The Labute approximate surface area is 133 Å². The second-order valence-electron chi connectivity index (χ2n) is 5.42. The molecular weight excluding hydrogens is 278 g/mol. The first kappa shape index (κ1) is 18.2. The normalized spacial score (nSPS) is 10.3. The van der Waals surface area contributed by atoms with Gasteiger partial charge in [0.1, 0.15) is 0 Å². The van der Waals surface area contributed by atoms with Gasteiger partial charge in [-0.25, -0.2) is 0 Å². The second kappa shape index (κ2) is 9.98. The van der Waals surface area contributed by atoms with Crippen molar-refractivity contribution in [2.24, 2.45) is 0 Å². The van der Waals surface area contributed by atoms with E-state index in [1.807, 2.05) is 31.2 Å². The topological polar surface area (TPSA) is 46.6 Å². The molecule has 122 valence electrons. The third kappa shape index (κ3) is 6.29. The van der Waals surface area contributed by atoms with Crippen molar-refractivity contribution in [3.63, 3.8) is 0 Å². The summed E-state index contributed by atoms with van der Waals surface area (Å²) in [5, 5.41) is 0.